The lowest BCUT2D eigenvalue weighted by Gasteiger charge is -2.14. The standard InChI is InChI=1S/C14H23N3S/c1-3-9-15-14-11-7-5-4-6-8-12(11)16-13(17-14)10-18-2/h3-10H2,1-2H3,(H,15,16,17). The monoisotopic (exact) mass is 265 g/mol. The second-order valence-corrected chi connectivity index (χ2v) is 5.70. The van der Waals surface area contributed by atoms with Crippen molar-refractivity contribution in [1.82, 2.24) is 9.97 Å². The third-order valence-corrected chi connectivity index (χ3v) is 3.84. The second-order valence-electron chi connectivity index (χ2n) is 4.83. The summed E-state index contributed by atoms with van der Waals surface area (Å²) in [6.07, 6.45) is 9.38. The molecule has 0 saturated carbocycles. The predicted molar refractivity (Wildman–Crippen MR) is 79.3 cm³/mol. The first-order valence-electron chi connectivity index (χ1n) is 6.96. The van der Waals surface area contributed by atoms with E-state index in [0.717, 1.165) is 43.2 Å². The largest absolute Gasteiger partial charge is 0.370 e. The Morgan fingerprint density at radius 2 is 2.00 bits per heavy atom. The van der Waals surface area contributed by atoms with Crippen molar-refractivity contribution < 1.29 is 0 Å². The molecule has 1 aliphatic carbocycles. The molecule has 0 atom stereocenters. The van der Waals surface area contributed by atoms with Gasteiger partial charge in [0.15, 0.2) is 0 Å². The molecule has 2 rings (SSSR count). The van der Waals surface area contributed by atoms with Gasteiger partial charge in [0.25, 0.3) is 0 Å². The molecule has 0 radical (unpaired) electrons. The molecule has 0 aromatic carbocycles. The van der Waals surface area contributed by atoms with Crippen LogP contribution in [0.5, 0.6) is 0 Å². The number of rotatable bonds is 5. The maximum atomic E-state index is 4.76. The molecule has 3 nitrogen and oxygen atoms in total. The average molecular weight is 265 g/mol. The molecular formula is C14H23N3S. The van der Waals surface area contributed by atoms with Crippen LogP contribution in [0.25, 0.3) is 0 Å². The second kappa shape index (κ2) is 6.98. The molecule has 0 bridgehead atoms. The zero-order valence-corrected chi connectivity index (χ0v) is 12.3. The molecule has 18 heavy (non-hydrogen) atoms. The maximum Gasteiger partial charge on any atom is 0.140 e. The lowest BCUT2D eigenvalue weighted by molar-refractivity contribution is 0.708. The van der Waals surface area contributed by atoms with Crippen LogP contribution in [-0.2, 0) is 18.6 Å². The highest BCUT2D eigenvalue weighted by molar-refractivity contribution is 7.97. The van der Waals surface area contributed by atoms with E-state index >= 15 is 0 Å². The molecule has 0 spiro atoms. The van der Waals surface area contributed by atoms with E-state index in [-0.39, 0.29) is 0 Å². The van der Waals surface area contributed by atoms with Gasteiger partial charge >= 0.3 is 0 Å². The first-order chi connectivity index (χ1) is 8.85. The summed E-state index contributed by atoms with van der Waals surface area (Å²) in [5.41, 5.74) is 2.68. The smallest absolute Gasteiger partial charge is 0.140 e. The van der Waals surface area contributed by atoms with Crippen molar-refractivity contribution in [3.05, 3.63) is 17.1 Å². The number of hydrogen-bond acceptors (Lipinski definition) is 4. The molecule has 100 valence electrons. The van der Waals surface area contributed by atoms with Crippen LogP contribution >= 0.6 is 11.8 Å². The van der Waals surface area contributed by atoms with Gasteiger partial charge in [0.2, 0.25) is 0 Å². The van der Waals surface area contributed by atoms with Gasteiger partial charge in [-0.15, -0.1) is 0 Å². The van der Waals surface area contributed by atoms with E-state index in [9.17, 15) is 0 Å². The molecular weight excluding hydrogens is 242 g/mol. The molecule has 0 unspecified atom stereocenters. The van der Waals surface area contributed by atoms with Gasteiger partial charge in [0, 0.05) is 17.8 Å². The number of hydrogen-bond donors (Lipinski definition) is 1. The summed E-state index contributed by atoms with van der Waals surface area (Å²) in [6, 6.07) is 0. The topological polar surface area (TPSA) is 37.8 Å². The van der Waals surface area contributed by atoms with Gasteiger partial charge in [-0.1, -0.05) is 13.3 Å². The van der Waals surface area contributed by atoms with Crippen molar-refractivity contribution in [1.29, 1.82) is 0 Å². The number of aryl methyl sites for hydroxylation is 1. The summed E-state index contributed by atoms with van der Waals surface area (Å²) < 4.78 is 0. The molecule has 0 saturated heterocycles. The first kappa shape index (κ1) is 13.7. The summed E-state index contributed by atoms with van der Waals surface area (Å²) in [5, 5.41) is 3.49. The summed E-state index contributed by atoms with van der Waals surface area (Å²) >= 11 is 1.79. The first-order valence-corrected chi connectivity index (χ1v) is 8.36. The summed E-state index contributed by atoms with van der Waals surface area (Å²) in [5.74, 6) is 3.00. The normalized spacial score (nSPS) is 15.0. The van der Waals surface area contributed by atoms with Crippen molar-refractivity contribution in [2.75, 3.05) is 18.1 Å². The lowest BCUT2D eigenvalue weighted by atomic mass is 10.1. The fourth-order valence-corrected chi connectivity index (χ4v) is 2.79. The van der Waals surface area contributed by atoms with Gasteiger partial charge in [0.1, 0.15) is 11.6 Å². The van der Waals surface area contributed by atoms with Crippen molar-refractivity contribution in [2.45, 2.75) is 51.2 Å². The quantitative estimate of drug-likeness (QED) is 0.828. The van der Waals surface area contributed by atoms with Crippen molar-refractivity contribution in [3.63, 3.8) is 0 Å². The third-order valence-electron chi connectivity index (χ3n) is 3.30. The molecule has 1 aliphatic rings. The van der Waals surface area contributed by atoms with E-state index in [1.165, 1.54) is 30.5 Å². The van der Waals surface area contributed by atoms with Gasteiger partial charge in [-0.3, -0.25) is 0 Å². The highest BCUT2D eigenvalue weighted by Gasteiger charge is 2.16. The van der Waals surface area contributed by atoms with Gasteiger partial charge in [-0.2, -0.15) is 11.8 Å². The summed E-state index contributed by atoms with van der Waals surface area (Å²) in [7, 11) is 0. The number of thioether (sulfide) groups is 1. The van der Waals surface area contributed by atoms with Crippen LogP contribution in [0, 0.1) is 0 Å². The van der Waals surface area contributed by atoms with Gasteiger partial charge in [-0.25, -0.2) is 9.97 Å². The van der Waals surface area contributed by atoms with Crippen LogP contribution in [0.15, 0.2) is 0 Å². The minimum atomic E-state index is 0.911. The van der Waals surface area contributed by atoms with E-state index in [2.05, 4.69) is 18.5 Å². The minimum Gasteiger partial charge on any atom is -0.370 e. The highest BCUT2D eigenvalue weighted by Crippen LogP contribution is 2.25. The maximum absolute atomic E-state index is 4.76. The number of anilines is 1. The lowest BCUT2D eigenvalue weighted by Crippen LogP contribution is -2.11. The molecule has 4 heteroatoms. The Kier molecular flexibility index (Phi) is 5.29. The van der Waals surface area contributed by atoms with Gasteiger partial charge in [0.05, 0.1) is 5.75 Å². The Morgan fingerprint density at radius 1 is 1.17 bits per heavy atom. The Morgan fingerprint density at radius 3 is 2.78 bits per heavy atom. The van der Waals surface area contributed by atoms with E-state index in [1.54, 1.807) is 11.8 Å². The van der Waals surface area contributed by atoms with E-state index in [4.69, 9.17) is 9.97 Å². The highest BCUT2D eigenvalue weighted by atomic mass is 32.2. The van der Waals surface area contributed by atoms with Crippen LogP contribution < -0.4 is 5.32 Å². The van der Waals surface area contributed by atoms with Gasteiger partial charge < -0.3 is 5.32 Å². The van der Waals surface area contributed by atoms with Crippen molar-refractivity contribution >= 4 is 17.6 Å². The summed E-state index contributed by atoms with van der Waals surface area (Å²) in [4.78, 5) is 9.47. The molecule has 1 heterocycles. The average Bonchev–Trinajstić information content (AvgIpc) is 2.61. The van der Waals surface area contributed by atoms with Crippen LogP contribution in [0.3, 0.4) is 0 Å². The molecule has 0 amide bonds. The zero-order chi connectivity index (χ0) is 12.8. The Bertz CT molecular complexity index is 393. The zero-order valence-electron chi connectivity index (χ0n) is 11.5. The number of nitrogens with zero attached hydrogens (tertiary/aromatic N) is 2. The molecule has 1 aromatic rings. The fraction of sp³-hybridized carbons (Fsp3) is 0.714. The van der Waals surface area contributed by atoms with E-state index < -0.39 is 0 Å². The van der Waals surface area contributed by atoms with Crippen molar-refractivity contribution in [3.8, 4) is 0 Å². The third kappa shape index (κ3) is 3.37. The molecule has 1 N–H and O–H groups in total. The van der Waals surface area contributed by atoms with Crippen LogP contribution in [-0.4, -0.2) is 22.8 Å². The Labute approximate surface area is 114 Å². The van der Waals surface area contributed by atoms with E-state index in [0.29, 0.717) is 0 Å². The predicted octanol–water partition coefficient (Wildman–Crippen LogP) is 3.43. The Balaban J connectivity index is 2.30. The van der Waals surface area contributed by atoms with Crippen LogP contribution in [0.4, 0.5) is 5.82 Å². The van der Waals surface area contributed by atoms with Crippen LogP contribution in [0.2, 0.25) is 0 Å². The SMILES string of the molecule is CCCNc1nc(CSC)nc2c1CCCCC2. The molecule has 1 aromatic heterocycles. The van der Waals surface area contributed by atoms with Crippen molar-refractivity contribution in [2.24, 2.45) is 0 Å². The van der Waals surface area contributed by atoms with Gasteiger partial charge in [-0.05, 0) is 38.4 Å². The Hall–Kier alpha value is -0.770. The fourth-order valence-electron chi connectivity index (χ4n) is 2.41. The number of aromatic nitrogens is 2. The summed E-state index contributed by atoms with van der Waals surface area (Å²) in [6.45, 7) is 3.19. The number of fused-ring (bicyclic) bond motifs is 1. The van der Waals surface area contributed by atoms with E-state index in [1.807, 2.05) is 0 Å². The number of nitrogens with one attached hydrogen (secondary N) is 1. The minimum absolute atomic E-state index is 0.911. The van der Waals surface area contributed by atoms with Crippen LogP contribution in [0.1, 0.15) is 49.7 Å². The molecule has 0 fully saturated rings. The molecule has 0 aliphatic heterocycles.